The summed E-state index contributed by atoms with van der Waals surface area (Å²) in [6, 6.07) is 18.9. The quantitative estimate of drug-likeness (QED) is 0.282. The Morgan fingerprint density at radius 2 is 1.73 bits per heavy atom. The number of rotatable bonds is 10. The first kappa shape index (κ1) is 31.5. The average Bonchev–Trinajstić information content (AvgIpc) is 2.91. The number of nitrogens with one attached hydrogen (secondary N) is 2. The van der Waals surface area contributed by atoms with Crippen LogP contribution in [-0.4, -0.2) is 53.0 Å². The van der Waals surface area contributed by atoms with Gasteiger partial charge in [-0.2, -0.15) is 17.0 Å². The maximum Gasteiger partial charge on any atom is 0.408 e. The van der Waals surface area contributed by atoms with E-state index in [2.05, 4.69) is 16.7 Å². The van der Waals surface area contributed by atoms with Gasteiger partial charge in [-0.15, -0.1) is 0 Å². The van der Waals surface area contributed by atoms with Crippen LogP contribution < -0.4 is 10.6 Å². The fraction of sp³-hybridized carbons (Fsp3) is 0.375. The topological polar surface area (TPSA) is 112 Å². The highest BCUT2D eigenvalue weighted by Crippen LogP contribution is 2.29. The van der Waals surface area contributed by atoms with Crippen molar-refractivity contribution in [1.82, 2.24) is 10.2 Å². The minimum Gasteiger partial charge on any atom is -0.444 e. The number of aryl methyl sites for hydroxylation is 1. The minimum absolute atomic E-state index is 0.299. The second-order valence-corrected chi connectivity index (χ2v) is 11.8. The van der Waals surface area contributed by atoms with Crippen LogP contribution in [0.1, 0.15) is 49.9 Å². The van der Waals surface area contributed by atoms with Crippen LogP contribution >= 0.6 is 11.8 Å². The first-order valence-electron chi connectivity index (χ1n) is 13.5. The third kappa shape index (κ3) is 8.48. The Labute approximate surface area is 246 Å². The van der Waals surface area contributed by atoms with Gasteiger partial charge in [0.05, 0.1) is 6.07 Å². The molecule has 0 radical (unpaired) electrons. The molecule has 0 fully saturated rings. The first-order valence-corrected chi connectivity index (χ1v) is 14.9. The summed E-state index contributed by atoms with van der Waals surface area (Å²) in [7, 11) is 0. The average molecular weight is 575 g/mol. The van der Waals surface area contributed by atoms with Gasteiger partial charge in [0.25, 0.3) is 5.91 Å². The molecule has 0 spiro atoms. The number of carbonyl (C=O) groups is 3. The summed E-state index contributed by atoms with van der Waals surface area (Å²) in [4.78, 5) is 42.1. The molecule has 0 saturated carbocycles. The lowest BCUT2D eigenvalue weighted by atomic mass is 9.94. The van der Waals surface area contributed by atoms with E-state index in [-0.39, 0.29) is 6.54 Å². The van der Waals surface area contributed by atoms with Gasteiger partial charge in [0.1, 0.15) is 24.2 Å². The molecule has 0 heterocycles. The zero-order chi connectivity index (χ0) is 30.2. The molecule has 3 aromatic rings. The zero-order valence-electron chi connectivity index (χ0n) is 24.5. The highest BCUT2D eigenvalue weighted by atomic mass is 32.2. The molecule has 0 bridgehead atoms. The van der Waals surface area contributed by atoms with Crippen molar-refractivity contribution in [2.24, 2.45) is 0 Å². The maximum absolute atomic E-state index is 14.1. The van der Waals surface area contributed by atoms with Gasteiger partial charge in [-0.3, -0.25) is 9.59 Å². The van der Waals surface area contributed by atoms with Crippen molar-refractivity contribution >= 4 is 46.1 Å². The molecule has 0 aliphatic rings. The van der Waals surface area contributed by atoms with E-state index in [1.807, 2.05) is 74.7 Å². The van der Waals surface area contributed by atoms with Gasteiger partial charge < -0.3 is 20.3 Å². The van der Waals surface area contributed by atoms with Crippen LogP contribution in [0.25, 0.3) is 10.8 Å². The SMILES string of the molecule is CSCCC(NC(=O)OC(C)(C)C)C(=O)N(CC#N)C(C(=O)Nc1ccc2ccccc2c1)c1cccc(C)c1C. The van der Waals surface area contributed by atoms with Crippen LogP contribution in [-0.2, 0) is 14.3 Å². The van der Waals surface area contributed by atoms with Crippen molar-refractivity contribution in [3.63, 3.8) is 0 Å². The molecule has 3 rings (SSSR count). The molecule has 2 unspecified atom stereocenters. The monoisotopic (exact) mass is 574 g/mol. The molecule has 3 aromatic carbocycles. The summed E-state index contributed by atoms with van der Waals surface area (Å²) in [5.74, 6) is -0.422. The van der Waals surface area contributed by atoms with E-state index in [0.717, 1.165) is 21.9 Å². The number of anilines is 1. The normalized spacial score (nSPS) is 12.6. The maximum atomic E-state index is 14.1. The second-order valence-electron chi connectivity index (χ2n) is 10.8. The Bertz CT molecular complexity index is 1440. The van der Waals surface area contributed by atoms with Crippen molar-refractivity contribution in [2.75, 3.05) is 23.9 Å². The molecular formula is C32H38N4O4S. The number of nitriles is 1. The van der Waals surface area contributed by atoms with E-state index < -0.39 is 35.6 Å². The van der Waals surface area contributed by atoms with Crippen LogP contribution in [0.5, 0.6) is 0 Å². The lowest BCUT2D eigenvalue weighted by Gasteiger charge is -2.33. The third-order valence-electron chi connectivity index (χ3n) is 6.64. The smallest absolute Gasteiger partial charge is 0.408 e. The fourth-order valence-electron chi connectivity index (χ4n) is 4.51. The Balaban J connectivity index is 2.04. The molecule has 2 N–H and O–H groups in total. The largest absolute Gasteiger partial charge is 0.444 e. The Morgan fingerprint density at radius 1 is 1.02 bits per heavy atom. The van der Waals surface area contributed by atoms with E-state index in [1.54, 1.807) is 26.8 Å². The summed E-state index contributed by atoms with van der Waals surface area (Å²) >= 11 is 1.52. The van der Waals surface area contributed by atoms with Crippen LogP contribution in [0.15, 0.2) is 60.7 Å². The summed E-state index contributed by atoms with van der Waals surface area (Å²) in [5, 5.41) is 17.4. The summed E-state index contributed by atoms with van der Waals surface area (Å²) in [6.07, 6.45) is 1.46. The Kier molecular flexibility index (Phi) is 10.8. The minimum atomic E-state index is -1.12. The van der Waals surface area contributed by atoms with Gasteiger partial charge in [-0.1, -0.05) is 48.5 Å². The van der Waals surface area contributed by atoms with Gasteiger partial charge in [-0.05, 0) is 92.6 Å². The van der Waals surface area contributed by atoms with Gasteiger partial charge >= 0.3 is 6.09 Å². The van der Waals surface area contributed by atoms with Gasteiger partial charge in [-0.25, -0.2) is 4.79 Å². The molecule has 8 nitrogen and oxygen atoms in total. The number of hydrogen-bond donors (Lipinski definition) is 2. The predicted octanol–water partition coefficient (Wildman–Crippen LogP) is 6.14. The number of amides is 3. The fourth-order valence-corrected chi connectivity index (χ4v) is 4.99. The van der Waals surface area contributed by atoms with Crippen molar-refractivity contribution < 1.29 is 19.1 Å². The lowest BCUT2D eigenvalue weighted by molar-refractivity contribution is -0.140. The predicted molar refractivity (Wildman–Crippen MR) is 165 cm³/mol. The molecule has 3 amide bonds. The van der Waals surface area contributed by atoms with Crippen LogP contribution in [0.3, 0.4) is 0 Å². The summed E-state index contributed by atoms with van der Waals surface area (Å²) in [6.45, 7) is 8.68. The Hall–Kier alpha value is -4.03. The molecule has 41 heavy (non-hydrogen) atoms. The van der Waals surface area contributed by atoms with Crippen molar-refractivity contribution in [1.29, 1.82) is 5.26 Å². The highest BCUT2D eigenvalue weighted by Gasteiger charge is 2.37. The molecule has 0 aromatic heterocycles. The molecule has 0 aliphatic carbocycles. The van der Waals surface area contributed by atoms with Crippen LogP contribution in [0.4, 0.5) is 10.5 Å². The van der Waals surface area contributed by atoms with Crippen LogP contribution in [0.2, 0.25) is 0 Å². The van der Waals surface area contributed by atoms with Gasteiger partial charge in [0.2, 0.25) is 5.91 Å². The second kappa shape index (κ2) is 14.0. The van der Waals surface area contributed by atoms with Crippen LogP contribution in [0, 0.1) is 25.2 Å². The number of carbonyl (C=O) groups excluding carboxylic acids is 3. The molecule has 216 valence electrons. The summed E-state index contributed by atoms with van der Waals surface area (Å²) in [5.41, 5.74) is 2.19. The number of hydrogen-bond acceptors (Lipinski definition) is 6. The summed E-state index contributed by atoms with van der Waals surface area (Å²) < 4.78 is 5.41. The van der Waals surface area contributed by atoms with Gasteiger partial charge in [0.15, 0.2) is 0 Å². The number of alkyl carbamates (subject to hydrolysis) is 1. The molecular weight excluding hydrogens is 536 g/mol. The molecule has 9 heteroatoms. The van der Waals surface area contributed by atoms with Crippen molar-refractivity contribution in [3.05, 3.63) is 77.4 Å². The van der Waals surface area contributed by atoms with E-state index in [4.69, 9.17) is 4.74 Å². The zero-order valence-corrected chi connectivity index (χ0v) is 25.3. The third-order valence-corrected chi connectivity index (χ3v) is 7.29. The van der Waals surface area contributed by atoms with Crippen molar-refractivity contribution in [2.45, 2.75) is 58.7 Å². The molecule has 0 aliphatic heterocycles. The molecule has 2 atom stereocenters. The Morgan fingerprint density at radius 3 is 2.39 bits per heavy atom. The molecule has 0 saturated heterocycles. The van der Waals surface area contributed by atoms with Gasteiger partial charge in [0, 0.05) is 5.69 Å². The standard InChI is InChI=1S/C32H38N4O4S/c1-21-10-9-13-26(22(21)2)28(29(37)34-25-15-14-23-11-7-8-12-24(23)20-25)36(18-17-33)30(38)27(16-19-41-6)35-31(39)40-32(3,4)5/h7-15,20,27-28H,16,18-19H2,1-6H3,(H,34,37)(H,35,39). The number of fused-ring (bicyclic) bond motifs is 1. The first-order chi connectivity index (χ1) is 19.4. The lowest BCUT2D eigenvalue weighted by Crippen LogP contribution is -2.52. The van der Waals surface area contributed by atoms with E-state index in [0.29, 0.717) is 23.4 Å². The highest BCUT2D eigenvalue weighted by molar-refractivity contribution is 7.98. The van der Waals surface area contributed by atoms with E-state index in [9.17, 15) is 19.6 Å². The number of ether oxygens (including phenoxy) is 1. The number of thioether (sulfide) groups is 1. The van der Waals surface area contributed by atoms with Crippen molar-refractivity contribution in [3.8, 4) is 6.07 Å². The van der Waals surface area contributed by atoms with E-state index in [1.165, 1.54) is 16.7 Å². The van der Waals surface area contributed by atoms with E-state index >= 15 is 0 Å². The number of benzene rings is 3. The number of nitrogens with zero attached hydrogens (tertiary/aromatic N) is 2.